The Bertz CT molecular complexity index is 471. The fourth-order valence-electron chi connectivity index (χ4n) is 2.49. The Morgan fingerprint density at radius 2 is 2.32 bits per heavy atom. The summed E-state index contributed by atoms with van der Waals surface area (Å²) >= 11 is 1.56. The van der Waals surface area contributed by atoms with E-state index in [9.17, 15) is 9.65 Å². The Kier molecular flexibility index (Phi) is 4.84. The van der Waals surface area contributed by atoms with Crippen molar-refractivity contribution in [2.24, 2.45) is 0 Å². The van der Waals surface area contributed by atoms with Crippen LogP contribution in [0.2, 0.25) is 0 Å². The summed E-state index contributed by atoms with van der Waals surface area (Å²) in [5.74, 6) is -0.163. The van der Waals surface area contributed by atoms with E-state index in [1.54, 1.807) is 17.8 Å². The van der Waals surface area contributed by atoms with E-state index in [1.165, 1.54) is 6.07 Å². The van der Waals surface area contributed by atoms with Gasteiger partial charge in [-0.25, -0.2) is 4.39 Å². The maximum absolute atomic E-state index is 13.6. The Morgan fingerprint density at radius 1 is 1.53 bits per heavy atom. The predicted octanol–water partition coefficient (Wildman–Crippen LogP) is 3.73. The van der Waals surface area contributed by atoms with E-state index in [2.05, 4.69) is 18.3 Å². The number of benzene rings is 1. The summed E-state index contributed by atoms with van der Waals surface area (Å²) in [4.78, 5) is 0.691. The van der Waals surface area contributed by atoms with Gasteiger partial charge in [0.25, 0.3) is 0 Å². The van der Waals surface area contributed by atoms with Gasteiger partial charge in [-0.1, -0.05) is 19.1 Å². The second-order valence-corrected chi connectivity index (χ2v) is 6.38. The van der Waals surface area contributed by atoms with Crippen molar-refractivity contribution < 1.29 is 4.39 Å². The highest BCUT2D eigenvalue weighted by atomic mass is 32.2. The molecule has 19 heavy (non-hydrogen) atoms. The molecule has 2 rings (SSSR count). The first-order valence-corrected chi connectivity index (χ1v) is 7.64. The summed E-state index contributed by atoms with van der Waals surface area (Å²) in [5, 5.41) is 13.1. The molecule has 2 unspecified atom stereocenters. The van der Waals surface area contributed by atoms with E-state index in [-0.39, 0.29) is 5.82 Å². The SMILES string of the molecule is CCCNC1(C#N)CCC(Sc2ccccc2F)C1. The molecule has 1 aliphatic carbocycles. The van der Waals surface area contributed by atoms with Gasteiger partial charge in [-0.05, 0) is 44.4 Å². The molecular formula is C15H19FN2S. The number of nitriles is 1. The van der Waals surface area contributed by atoms with Crippen molar-refractivity contribution in [1.82, 2.24) is 5.32 Å². The molecule has 1 saturated carbocycles. The van der Waals surface area contributed by atoms with Crippen molar-refractivity contribution in [2.45, 2.75) is 48.3 Å². The number of hydrogen-bond acceptors (Lipinski definition) is 3. The van der Waals surface area contributed by atoms with Crippen LogP contribution in [0.25, 0.3) is 0 Å². The minimum absolute atomic E-state index is 0.163. The lowest BCUT2D eigenvalue weighted by Crippen LogP contribution is -2.42. The van der Waals surface area contributed by atoms with E-state index in [0.29, 0.717) is 10.1 Å². The van der Waals surface area contributed by atoms with E-state index >= 15 is 0 Å². The van der Waals surface area contributed by atoms with Gasteiger partial charge >= 0.3 is 0 Å². The molecule has 2 nitrogen and oxygen atoms in total. The molecule has 4 heteroatoms. The lowest BCUT2D eigenvalue weighted by atomic mass is 10.00. The first kappa shape index (κ1) is 14.4. The van der Waals surface area contributed by atoms with Crippen molar-refractivity contribution in [3.63, 3.8) is 0 Å². The highest BCUT2D eigenvalue weighted by Crippen LogP contribution is 2.40. The molecule has 0 bridgehead atoms. The van der Waals surface area contributed by atoms with Crippen LogP contribution in [-0.4, -0.2) is 17.3 Å². The van der Waals surface area contributed by atoms with Crippen LogP contribution < -0.4 is 5.32 Å². The quantitative estimate of drug-likeness (QED) is 0.891. The minimum atomic E-state index is -0.404. The molecule has 1 aromatic carbocycles. The van der Waals surface area contributed by atoms with Gasteiger partial charge in [-0.2, -0.15) is 5.26 Å². The first-order valence-electron chi connectivity index (χ1n) is 6.76. The molecule has 0 amide bonds. The van der Waals surface area contributed by atoms with Crippen LogP contribution in [0.15, 0.2) is 29.2 Å². The lowest BCUT2D eigenvalue weighted by molar-refractivity contribution is 0.424. The third-order valence-electron chi connectivity index (χ3n) is 3.53. The van der Waals surface area contributed by atoms with Crippen LogP contribution in [-0.2, 0) is 0 Å². The summed E-state index contributed by atoms with van der Waals surface area (Å²) in [5.41, 5.74) is -0.404. The molecular weight excluding hydrogens is 259 g/mol. The molecule has 1 N–H and O–H groups in total. The fourth-order valence-corrected chi connectivity index (χ4v) is 3.79. The molecule has 0 aliphatic heterocycles. The second kappa shape index (κ2) is 6.40. The maximum Gasteiger partial charge on any atom is 0.136 e. The molecule has 102 valence electrons. The molecule has 0 radical (unpaired) electrons. The zero-order valence-electron chi connectivity index (χ0n) is 11.2. The van der Waals surface area contributed by atoms with Gasteiger partial charge in [0.1, 0.15) is 11.4 Å². The number of rotatable bonds is 5. The van der Waals surface area contributed by atoms with Crippen molar-refractivity contribution >= 4 is 11.8 Å². The van der Waals surface area contributed by atoms with Crippen molar-refractivity contribution in [3.8, 4) is 6.07 Å². The van der Waals surface area contributed by atoms with E-state index in [0.717, 1.165) is 32.2 Å². The third kappa shape index (κ3) is 3.49. The van der Waals surface area contributed by atoms with Gasteiger partial charge in [-0.3, -0.25) is 5.32 Å². The predicted molar refractivity (Wildman–Crippen MR) is 76.5 cm³/mol. The number of nitrogens with zero attached hydrogens (tertiary/aromatic N) is 1. The highest BCUT2D eigenvalue weighted by Gasteiger charge is 2.39. The van der Waals surface area contributed by atoms with E-state index in [1.807, 2.05) is 12.1 Å². The molecule has 0 saturated heterocycles. The molecule has 0 heterocycles. The second-order valence-electron chi connectivity index (χ2n) is 5.03. The van der Waals surface area contributed by atoms with Crippen LogP contribution in [0.1, 0.15) is 32.6 Å². The third-order valence-corrected chi connectivity index (χ3v) is 4.85. The monoisotopic (exact) mass is 278 g/mol. The van der Waals surface area contributed by atoms with Crippen LogP contribution >= 0.6 is 11.8 Å². The summed E-state index contributed by atoms with van der Waals surface area (Å²) in [6.07, 6.45) is 3.63. The number of halogens is 1. The van der Waals surface area contributed by atoms with Gasteiger partial charge in [0.05, 0.1) is 6.07 Å². The van der Waals surface area contributed by atoms with Crippen LogP contribution in [0, 0.1) is 17.1 Å². The van der Waals surface area contributed by atoms with Crippen molar-refractivity contribution in [3.05, 3.63) is 30.1 Å². The summed E-state index contributed by atoms with van der Waals surface area (Å²) in [6, 6.07) is 9.29. The minimum Gasteiger partial charge on any atom is -0.299 e. The smallest absolute Gasteiger partial charge is 0.136 e. The summed E-state index contributed by atoms with van der Waals surface area (Å²) < 4.78 is 13.6. The maximum atomic E-state index is 13.6. The number of hydrogen-bond donors (Lipinski definition) is 1. The molecule has 0 spiro atoms. The zero-order chi connectivity index (χ0) is 13.7. The Morgan fingerprint density at radius 3 is 3.00 bits per heavy atom. The van der Waals surface area contributed by atoms with E-state index < -0.39 is 5.54 Å². The van der Waals surface area contributed by atoms with Crippen molar-refractivity contribution in [1.29, 1.82) is 5.26 Å². The largest absolute Gasteiger partial charge is 0.299 e. The highest BCUT2D eigenvalue weighted by molar-refractivity contribution is 8.00. The molecule has 1 aromatic rings. The van der Waals surface area contributed by atoms with Gasteiger partial charge in [0.15, 0.2) is 0 Å². The lowest BCUT2D eigenvalue weighted by Gasteiger charge is -2.22. The van der Waals surface area contributed by atoms with Gasteiger partial charge in [-0.15, -0.1) is 11.8 Å². The Hall–Kier alpha value is -1.05. The van der Waals surface area contributed by atoms with E-state index in [4.69, 9.17) is 0 Å². The van der Waals surface area contributed by atoms with Gasteiger partial charge in [0.2, 0.25) is 0 Å². The van der Waals surface area contributed by atoms with Gasteiger partial charge in [0, 0.05) is 10.1 Å². The average molecular weight is 278 g/mol. The fraction of sp³-hybridized carbons (Fsp3) is 0.533. The molecule has 1 aliphatic rings. The topological polar surface area (TPSA) is 35.8 Å². The van der Waals surface area contributed by atoms with Crippen LogP contribution in [0.4, 0.5) is 4.39 Å². The summed E-state index contributed by atoms with van der Waals surface area (Å²) in [7, 11) is 0. The average Bonchev–Trinajstić information content (AvgIpc) is 2.83. The Balaban J connectivity index is 1.98. The summed E-state index contributed by atoms with van der Waals surface area (Å²) in [6.45, 7) is 2.96. The standard InChI is InChI=1S/C15H19FN2S/c1-2-9-18-15(11-17)8-7-12(10-15)19-14-6-4-3-5-13(14)16/h3-6,12,18H,2,7-10H2,1H3. The normalized spacial score (nSPS) is 26.3. The Labute approximate surface area is 118 Å². The molecule has 2 atom stereocenters. The first-order chi connectivity index (χ1) is 9.19. The van der Waals surface area contributed by atoms with Crippen LogP contribution in [0.5, 0.6) is 0 Å². The van der Waals surface area contributed by atoms with Crippen molar-refractivity contribution in [2.75, 3.05) is 6.54 Å². The van der Waals surface area contributed by atoms with Crippen LogP contribution in [0.3, 0.4) is 0 Å². The zero-order valence-corrected chi connectivity index (χ0v) is 12.0. The molecule has 0 aromatic heterocycles. The number of thioether (sulfide) groups is 1. The van der Waals surface area contributed by atoms with Gasteiger partial charge < -0.3 is 0 Å². The number of nitrogens with one attached hydrogen (secondary N) is 1. The molecule has 1 fully saturated rings.